The molecule has 5 heteroatoms. The van der Waals surface area contributed by atoms with Crippen LogP contribution in [0.1, 0.15) is 32.3 Å². The Balaban J connectivity index is 2.44. The Morgan fingerprint density at radius 1 is 1.36 bits per heavy atom. The summed E-state index contributed by atoms with van der Waals surface area (Å²) in [5, 5.41) is -0.797. The van der Waals surface area contributed by atoms with Crippen molar-refractivity contribution in [2.45, 2.75) is 49.9 Å². The molecule has 4 nitrogen and oxygen atoms in total. The number of hydrogen-bond acceptors (Lipinski definition) is 4. The van der Waals surface area contributed by atoms with E-state index in [1.807, 2.05) is 32.1 Å². The normalized spacial score (nSPS) is 22.4. The quantitative estimate of drug-likeness (QED) is 0.546. The lowest BCUT2D eigenvalue weighted by Gasteiger charge is -2.32. The standard InChI is InChI=1S/C20H26O4S/c1-5-16-8-7-9-18(16)20(24-15(4)21)19(6-2)25(22,23)17-12-10-14(3)11-13-17/h5,7,9-13,16,18-20H,1,6,8H2,2-4H3/t16-,18+,19?,20?/m1/s1. The summed E-state index contributed by atoms with van der Waals surface area (Å²) in [7, 11) is -3.63. The van der Waals surface area contributed by atoms with E-state index in [0.29, 0.717) is 6.42 Å². The molecule has 1 aliphatic carbocycles. The summed E-state index contributed by atoms with van der Waals surface area (Å²) in [6.45, 7) is 8.88. The number of rotatable bonds is 7. The van der Waals surface area contributed by atoms with E-state index in [2.05, 4.69) is 6.58 Å². The third kappa shape index (κ3) is 4.21. The van der Waals surface area contributed by atoms with E-state index in [1.54, 1.807) is 24.3 Å². The molecule has 0 aliphatic heterocycles. The lowest BCUT2D eigenvalue weighted by atomic mass is 9.88. The zero-order chi connectivity index (χ0) is 18.6. The third-order valence-electron chi connectivity index (χ3n) is 4.76. The number of aryl methyl sites for hydroxylation is 1. The Kier molecular flexibility index (Phi) is 6.22. The molecule has 2 unspecified atom stereocenters. The van der Waals surface area contributed by atoms with Crippen molar-refractivity contribution in [3.05, 3.63) is 54.6 Å². The van der Waals surface area contributed by atoms with Crippen molar-refractivity contribution in [3.8, 4) is 0 Å². The van der Waals surface area contributed by atoms with Gasteiger partial charge in [-0.25, -0.2) is 8.42 Å². The molecule has 0 saturated carbocycles. The summed E-state index contributed by atoms with van der Waals surface area (Å²) < 4.78 is 32.0. The van der Waals surface area contributed by atoms with Gasteiger partial charge in [-0.1, -0.05) is 42.8 Å². The van der Waals surface area contributed by atoms with E-state index in [9.17, 15) is 13.2 Å². The SMILES string of the molecule is C=C[C@@H]1CC=C[C@@H]1C(OC(C)=O)C(CC)S(=O)(=O)c1ccc(C)cc1. The van der Waals surface area contributed by atoms with E-state index >= 15 is 0 Å². The molecule has 0 N–H and O–H groups in total. The van der Waals surface area contributed by atoms with Gasteiger partial charge in [0.05, 0.1) is 4.90 Å². The molecule has 2 rings (SSSR count). The second-order valence-corrected chi connectivity index (χ2v) is 8.69. The molecule has 4 atom stereocenters. The first-order valence-electron chi connectivity index (χ1n) is 8.58. The molecular weight excluding hydrogens is 336 g/mol. The Hall–Kier alpha value is -1.88. The van der Waals surface area contributed by atoms with Gasteiger partial charge in [0.25, 0.3) is 0 Å². The molecule has 25 heavy (non-hydrogen) atoms. The van der Waals surface area contributed by atoms with E-state index in [1.165, 1.54) is 6.92 Å². The minimum absolute atomic E-state index is 0.0756. The van der Waals surface area contributed by atoms with Gasteiger partial charge in [-0.15, -0.1) is 6.58 Å². The zero-order valence-corrected chi connectivity index (χ0v) is 15.8. The lowest BCUT2D eigenvalue weighted by Crippen LogP contribution is -2.42. The van der Waals surface area contributed by atoms with Gasteiger partial charge in [-0.2, -0.15) is 0 Å². The average Bonchev–Trinajstić information content (AvgIpc) is 3.02. The van der Waals surface area contributed by atoms with Crippen LogP contribution >= 0.6 is 0 Å². The van der Waals surface area contributed by atoms with Gasteiger partial charge in [0.1, 0.15) is 11.4 Å². The van der Waals surface area contributed by atoms with Crippen LogP contribution in [-0.2, 0) is 19.4 Å². The van der Waals surface area contributed by atoms with Gasteiger partial charge in [0.2, 0.25) is 0 Å². The lowest BCUT2D eigenvalue weighted by molar-refractivity contribution is -0.148. The average molecular weight is 362 g/mol. The Morgan fingerprint density at radius 3 is 2.52 bits per heavy atom. The molecule has 1 aromatic carbocycles. The number of esters is 1. The van der Waals surface area contributed by atoms with Crippen LogP contribution in [0.2, 0.25) is 0 Å². The van der Waals surface area contributed by atoms with E-state index < -0.39 is 27.2 Å². The topological polar surface area (TPSA) is 60.4 Å². The van der Waals surface area contributed by atoms with Crippen LogP contribution < -0.4 is 0 Å². The zero-order valence-electron chi connectivity index (χ0n) is 15.0. The van der Waals surface area contributed by atoms with Gasteiger partial charge in [-0.05, 0) is 37.8 Å². The maximum absolute atomic E-state index is 13.2. The second-order valence-electron chi connectivity index (χ2n) is 6.52. The van der Waals surface area contributed by atoms with Crippen molar-refractivity contribution in [1.82, 2.24) is 0 Å². The van der Waals surface area contributed by atoms with E-state index in [4.69, 9.17) is 4.74 Å². The number of hydrogen-bond donors (Lipinski definition) is 0. The minimum Gasteiger partial charge on any atom is -0.461 e. The molecule has 1 aromatic rings. The summed E-state index contributed by atoms with van der Waals surface area (Å²) in [5.74, 6) is -0.566. The molecule has 0 saturated heterocycles. The number of benzene rings is 1. The predicted molar refractivity (Wildman–Crippen MR) is 98.9 cm³/mol. The highest BCUT2D eigenvalue weighted by atomic mass is 32.2. The summed E-state index contributed by atoms with van der Waals surface area (Å²) in [5.41, 5.74) is 0.994. The summed E-state index contributed by atoms with van der Waals surface area (Å²) >= 11 is 0. The molecule has 0 spiro atoms. The molecule has 0 heterocycles. The molecule has 0 aromatic heterocycles. The van der Waals surface area contributed by atoms with Crippen LogP contribution in [0.15, 0.2) is 54.0 Å². The smallest absolute Gasteiger partial charge is 0.302 e. The summed E-state index contributed by atoms with van der Waals surface area (Å²) in [6, 6.07) is 6.80. The molecule has 1 aliphatic rings. The highest BCUT2D eigenvalue weighted by molar-refractivity contribution is 7.92. The number of allylic oxidation sites excluding steroid dienone is 2. The fourth-order valence-electron chi connectivity index (χ4n) is 3.42. The summed E-state index contributed by atoms with van der Waals surface area (Å²) in [4.78, 5) is 11.9. The van der Waals surface area contributed by atoms with Crippen LogP contribution in [0.3, 0.4) is 0 Å². The molecular formula is C20H26O4S. The number of carbonyl (C=O) groups excluding carboxylic acids is 1. The molecule has 0 amide bonds. The minimum atomic E-state index is -3.63. The first-order valence-corrected chi connectivity index (χ1v) is 10.1. The van der Waals surface area contributed by atoms with Crippen molar-refractivity contribution in [3.63, 3.8) is 0 Å². The molecule has 0 radical (unpaired) electrons. The fraction of sp³-hybridized carbons (Fsp3) is 0.450. The van der Waals surface area contributed by atoms with Crippen molar-refractivity contribution >= 4 is 15.8 Å². The highest BCUT2D eigenvalue weighted by Crippen LogP contribution is 2.36. The maximum Gasteiger partial charge on any atom is 0.302 e. The molecule has 0 fully saturated rings. The van der Waals surface area contributed by atoms with Crippen LogP contribution in [0.25, 0.3) is 0 Å². The van der Waals surface area contributed by atoms with Crippen LogP contribution in [0.5, 0.6) is 0 Å². The van der Waals surface area contributed by atoms with Crippen LogP contribution in [0.4, 0.5) is 0 Å². The van der Waals surface area contributed by atoms with Crippen molar-refractivity contribution in [1.29, 1.82) is 0 Å². The second kappa shape index (κ2) is 8.00. The van der Waals surface area contributed by atoms with E-state index in [-0.39, 0.29) is 16.7 Å². The summed E-state index contributed by atoms with van der Waals surface area (Å²) in [6.07, 6.45) is 6.18. The largest absolute Gasteiger partial charge is 0.461 e. The monoisotopic (exact) mass is 362 g/mol. The Bertz CT molecular complexity index is 746. The van der Waals surface area contributed by atoms with Gasteiger partial charge in [0, 0.05) is 12.8 Å². The number of ether oxygens (including phenoxy) is 1. The van der Waals surface area contributed by atoms with Crippen molar-refractivity contribution < 1.29 is 17.9 Å². The van der Waals surface area contributed by atoms with Crippen LogP contribution in [-0.4, -0.2) is 25.7 Å². The number of sulfone groups is 1. The van der Waals surface area contributed by atoms with E-state index in [0.717, 1.165) is 12.0 Å². The molecule has 136 valence electrons. The molecule has 0 bridgehead atoms. The first-order chi connectivity index (χ1) is 11.8. The van der Waals surface area contributed by atoms with Gasteiger partial charge in [0.15, 0.2) is 9.84 Å². The third-order valence-corrected chi connectivity index (χ3v) is 7.09. The van der Waals surface area contributed by atoms with Gasteiger partial charge >= 0.3 is 5.97 Å². The predicted octanol–water partition coefficient (Wildman–Crippen LogP) is 3.86. The first kappa shape index (κ1) is 19.4. The maximum atomic E-state index is 13.2. The Labute approximate surface area is 150 Å². The Morgan fingerprint density at radius 2 is 2.00 bits per heavy atom. The highest BCUT2D eigenvalue weighted by Gasteiger charge is 2.42. The van der Waals surface area contributed by atoms with Crippen molar-refractivity contribution in [2.75, 3.05) is 0 Å². The van der Waals surface area contributed by atoms with Crippen molar-refractivity contribution in [2.24, 2.45) is 11.8 Å². The fourth-order valence-corrected chi connectivity index (χ4v) is 5.32. The van der Waals surface area contributed by atoms with Gasteiger partial charge in [-0.3, -0.25) is 4.79 Å². The van der Waals surface area contributed by atoms with Crippen LogP contribution in [0, 0.1) is 18.8 Å². The van der Waals surface area contributed by atoms with Gasteiger partial charge < -0.3 is 4.74 Å². The number of carbonyl (C=O) groups is 1.